The zero-order valence-corrected chi connectivity index (χ0v) is 14.4. The Morgan fingerprint density at radius 3 is 3.00 bits per heavy atom. The summed E-state index contributed by atoms with van der Waals surface area (Å²) in [5.74, 6) is 2.86. The molecular formula is C19H22N2O2S. The summed E-state index contributed by atoms with van der Waals surface area (Å²) in [5.41, 5.74) is 2.44. The number of aromatic amines is 1. The van der Waals surface area contributed by atoms with E-state index in [0.29, 0.717) is 13.0 Å². The molecule has 24 heavy (non-hydrogen) atoms. The highest BCUT2D eigenvalue weighted by Crippen LogP contribution is 2.19. The number of carbonyl (C=O) groups excluding carboxylic acids is 1. The summed E-state index contributed by atoms with van der Waals surface area (Å²) in [4.78, 5) is 15.2. The highest BCUT2D eigenvalue weighted by atomic mass is 32.2. The molecule has 2 aromatic heterocycles. The molecule has 4 nitrogen and oxygen atoms in total. The molecule has 0 atom stereocenters. The molecule has 0 saturated heterocycles. The molecule has 0 aliphatic carbocycles. The van der Waals surface area contributed by atoms with Crippen molar-refractivity contribution in [2.75, 3.05) is 12.3 Å². The zero-order chi connectivity index (χ0) is 16.6. The van der Waals surface area contributed by atoms with Gasteiger partial charge in [0.25, 0.3) is 0 Å². The fraction of sp³-hybridized carbons (Fsp3) is 0.316. The molecule has 1 aromatic carbocycles. The number of rotatable bonds is 9. The molecule has 0 bridgehead atoms. The maximum Gasteiger partial charge on any atom is 0.220 e. The van der Waals surface area contributed by atoms with E-state index in [0.717, 1.165) is 35.6 Å². The number of amides is 1. The molecule has 0 spiro atoms. The van der Waals surface area contributed by atoms with Crippen LogP contribution in [-0.4, -0.2) is 23.2 Å². The molecule has 0 aliphatic heterocycles. The summed E-state index contributed by atoms with van der Waals surface area (Å²) in [6.45, 7) is 0.706. The number of aryl methyl sites for hydroxylation is 1. The van der Waals surface area contributed by atoms with Crippen molar-refractivity contribution in [2.24, 2.45) is 0 Å². The van der Waals surface area contributed by atoms with Gasteiger partial charge in [0.2, 0.25) is 5.91 Å². The van der Waals surface area contributed by atoms with E-state index in [4.69, 9.17) is 4.42 Å². The Bertz CT molecular complexity index is 765. The van der Waals surface area contributed by atoms with Crippen LogP contribution in [0.15, 0.2) is 53.3 Å². The topological polar surface area (TPSA) is 58.0 Å². The molecule has 5 heteroatoms. The maximum absolute atomic E-state index is 11.9. The van der Waals surface area contributed by atoms with Crippen LogP contribution in [0.4, 0.5) is 0 Å². The van der Waals surface area contributed by atoms with Crippen LogP contribution in [0.3, 0.4) is 0 Å². The van der Waals surface area contributed by atoms with Gasteiger partial charge >= 0.3 is 0 Å². The van der Waals surface area contributed by atoms with Gasteiger partial charge in [-0.25, -0.2) is 0 Å². The van der Waals surface area contributed by atoms with Gasteiger partial charge < -0.3 is 14.7 Å². The smallest absolute Gasteiger partial charge is 0.220 e. The lowest BCUT2D eigenvalue weighted by molar-refractivity contribution is -0.121. The Kier molecular flexibility index (Phi) is 6.01. The molecule has 0 fully saturated rings. The molecule has 0 saturated carbocycles. The number of nitrogens with one attached hydrogen (secondary N) is 2. The average Bonchev–Trinajstić information content (AvgIpc) is 3.25. The fourth-order valence-corrected chi connectivity index (χ4v) is 3.45. The van der Waals surface area contributed by atoms with Crippen LogP contribution >= 0.6 is 11.8 Å². The first-order valence-electron chi connectivity index (χ1n) is 8.25. The molecule has 3 rings (SSSR count). The van der Waals surface area contributed by atoms with Gasteiger partial charge in [0.1, 0.15) is 5.76 Å². The number of carbonyl (C=O) groups is 1. The van der Waals surface area contributed by atoms with Crippen LogP contribution in [0.25, 0.3) is 10.9 Å². The van der Waals surface area contributed by atoms with Gasteiger partial charge in [-0.1, -0.05) is 18.2 Å². The van der Waals surface area contributed by atoms with E-state index in [2.05, 4.69) is 22.4 Å². The summed E-state index contributed by atoms with van der Waals surface area (Å²) >= 11 is 1.76. The molecule has 2 heterocycles. The first-order chi connectivity index (χ1) is 11.8. The largest absolute Gasteiger partial charge is 0.468 e. The monoisotopic (exact) mass is 342 g/mol. The van der Waals surface area contributed by atoms with E-state index in [9.17, 15) is 4.79 Å². The van der Waals surface area contributed by atoms with Crippen molar-refractivity contribution in [2.45, 2.75) is 25.0 Å². The van der Waals surface area contributed by atoms with Crippen LogP contribution in [0, 0.1) is 0 Å². The highest BCUT2D eigenvalue weighted by Gasteiger charge is 2.05. The molecule has 126 valence electrons. The number of fused-ring (bicyclic) bond motifs is 1. The number of para-hydroxylation sites is 1. The molecule has 0 radical (unpaired) electrons. The number of hydrogen-bond acceptors (Lipinski definition) is 3. The van der Waals surface area contributed by atoms with Crippen LogP contribution < -0.4 is 5.32 Å². The van der Waals surface area contributed by atoms with Crippen LogP contribution in [0.1, 0.15) is 24.2 Å². The lowest BCUT2D eigenvalue weighted by atomic mass is 10.1. The highest BCUT2D eigenvalue weighted by molar-refractivity contribution is 7.98. The van der Waals surface area contributed by atoms with Crippen LogP contribution in [0.2, 0.25) is 0 Å². The maximum atomic E-state index is 11.9. The normalized spacial score (nSPS) is 11.0. The molecule has 0 aliphatic rings. The van der Waals surface area contributed by atoms with Crippen molar-refractivity contribution < 1.29 is 9.21 Å². The number of aromatic nitrogens is 1. The van der Waals surface area contributed by atoms with Gasteiger partial charge in [0.05, 0.1) is 12.0 Å². The van der Waals surface area contributed by atoms with Gasteiger partial charge in [-0.15, -0.1) is 0 Å². The van der Waals surface area contributed by atoms with Gasteiger partial charge in [0.15, 0.2) is 0 Å². The van der Waals surface area contributed by atoms with Crippen LogP contribution in [0.5, 0.6) is 0 Å². The molecule has 1 amide bonds. The third-order valence-corrected chi connectivity index (χ3v) is 4.90. The molecule has 0 unspecified atom stereocenters. The zero-order valence-electron chi connectivity index (χ0n) is 13.6. The Labute approximate surface area is 146 Å². The lowest BCUT2D eigenvalue weighted by Crippen LogP contribution is -2.25. The number of H-pyrrole nitrogens is 1. The van der Waals surface area contributed by atoms with Gasteiger partial charge in [-0.2, -0.15) is 11.8 Å². The average molecular weight is 342 g/mol. The fourth-order valence-electron chi connectivity index (χ4n) is 2.70. The summed E-state index contributed by atoms with van der Waals surface area (Å²) in [7, 11) is 0. The second kappa shape index (κ2) is 8.64. The van der Waals surface area contributed by atoms with Crippen molar-refractivity contribution in [1.82, 2.24) is 10.3 Å². The van der Waals surface area contributed by atoms with E-state index in [1.165, 1.54) is 10.9 Å². The number of benzene rings is 1. The SMILES string of the molecule is O=C(CCCc1c[nH]c2ccccc12)NCCSCc1ccco1. The van der Waals surface area contributed by atoms with Gasteiger partial charge in [-0.05, 0) is 36.6 Å². The number of furan rings is 1. The predicted molar refractivity (Wildman–Crippen MR) is 99.1 cm³/mol. The summed E-state index contributed by atoms with van der Waals surface area (Å²) < 4.78 is 5.27. The van der Waals surface area contributed by atoms with Crippen molar-refractivity contribution in [3.63, 3.8) is 0 Å². The van der Waals surface area contributed by atoms with E-state index < -0.39 is 0 Å². The van der Waals surface area contributed by atoms with Crippen LogP contribution in [-0.2, 0) is 17.0 Å². The standard InChI is InChI=1S/C19H22N2O2S/c22-19(20-10-12-24-14-16-6-4-11-23-16)9-3-5-15-13-21-18-8-2-1-7-17(15)18/h1-2,4,6-8,11,13,21H,3,5,9-10,12,14H2,(H,20,22). The lowest BCUT2D eigenvalue weighted by Gasteiger charge is -2.05. The van der Waals surface area contributed by atoms with E-state index in [-0.39, 0.29) is 5.91 Å². The van der Waals surface area contributed by atoms with Gasteiger partial charge in [0, 0.05) is 35.8 Å². The number of thioether (sulfide) groups is 1. The summed E-state index contributed by atoms with van der Waals surface area (Å²) in [6, 6.07) is 12.1. The Morgan fingerprint density at radius 2 is 2.12 bits per heavy atom. The second-order valence-corrected chi connectivity index (χ2v) is 6.80. The third kappa shape index (κ3) is 4.68. The second-order valence-electron chi connectivity index (χ2n) is 5.69. The van der Waals surface area contributed by atoms with E-state index in [1.807, 2.05) is 30.5 Å². The van der Waals surface area contributed by atoms with Crippen molar-refractivity contribution >= 4 is 28.6 Å². The minimum absolute atomic E-state index is 0.133. The molecule has 2 N–H and O–H groups in total. The Morgan fingerprint density at radius 1 is 1.21 bits per heavy atom. The van der Waals surface area contributed by atoms with Gasteiger partial charge in [-0.3, -0.25) is 4.79 Å². The molecular weight excluding hydrogens is 320 g/mol. The minimum atomic E-state index is 0.133. The quantitative estimate of drug-likeness (QED) is 0.575. The minimum Gasteiger partial charge on any atom is -0.468 e. The third-order valence-electron chi connectivity index (χ3n) is 3.92. The van der Waals surface area contributed by atoms with E-state index >= 15 is 0 Å². The predicted octanol–water partition coefficient (Wildman–Crippen LogP) is 4.13. The molecule has 3 aromatic rings. The van der Waals surface area contributed by atoms with E-state index in [1.54, 1.807) is 18.0 Å². The Balaban J connectivity index is 1.30. The van der Waals surface area contributed by atoms with Crippen molar-refractivity contribution in [3.05, 3.63) is 60.2 Å². The summed E-state index contributed by atoms with van der Waals surface area (Å²) in [6.07, 6.45) is 6.10. The first kappa shape index (κ1) is 16.7. The Hall–Kier alpha value is -2.14. The van der Waals surface area contributed by atoms with Crippen molar-refractivity contribution in [1.29, 1.82) is 0 Å². The number of hydrogen-bond donors (Lipinski definition) is 2. The summed E-state index contributed by atoms with van der Waals surface area (Å²) in [5, 5.41) is 4.24. The van der Waals surface area contributed by atoms with Crippen molar-refractivity contribution in [3.8, 4) is 0 Å². The first-order valence-corrected chi connectivity index (χ1v) is 9.40.